The summed E-state index contributed by atoms with van der Waals surface area (Å²) in [5, 5.41) is 9.92. The summed E-state index contributed by atoms with van der Waals surface area (Å²) in [6.07, 6.45) is 0.330. The Hall–Kier alpha value is -2.53. The number of anilines is 1. The van der Waals surface area contributed by atoms with Crippen LogP contribution in [0.2, 0.25) is 5.02 Å². The fourth-order valence-corrected chi connectivity index (χ4v) is 2.65. The lowest BCUT2D eigenvalue weighted by molar-refractivity contribution is -0.116. The summed E-state index contributed by atoms with van der Waals surface area (Å²) >= 11 is 6.07. The Balaban J connectivity index is 1.76. The van der Waals surface area contributed by atoms with Crippen molar-refractivity contribution in [2.75, 3.05) is 18.9 Å². The first-order valence-electron chi connectivity index (χ1n) is 8.54. The van der Waals surface area contributed by atoms with Crippen LogP contribution in [0.25, 0.3) is 0 Å². The molecule has 0 heterocycles. The van der Waals surface area contributed by atoms with Gasteiger partial charge >= 0.3 is 0 Å². The van der Waals surface area contributed by atoms with Gasteiger partial charge in [-0.2, -0.15) is 0 Å². The van der Waals surface area contributed by atoms with Gasteiger partial charge < -0.3 is 16.0 Å². The van der Waals surface area contributed by atoms with Crippen LogP contribution in [0, 0.1) is 13.8 Å². The lowest BCUT2D eigenvalue weighted by atomic mass is 10.1. The summed E-state index contributed by atoms with van der Waals surface area (Å²) in [5.41, 5.74) is 4.01. The van der Waals surface area contributed by atoms with Gasteiger partial charge in [-0.25, -0.2) is 0 Å². The average molecular weight is 373 g/mol. The van der Waals surface area contributed by atoms with E-state index in [9.17, 15) is 4.79 Å². The van der Waals surface area contributed by atoms with E-state index in [1.54, 1.807) is 13.1 Å². The van der Waals surface area contributed by atoms with E-state index in [0.29, 0.717) is 30.5 Å². The first-order chi connectivity index (χ1) is 12.5. The molecule has 26 heavy (non-hydrogen) atoms. The summed E-state index contributed by atoms with van der Waals surface area (Å²) in [6.45, 7) is 5.11. The maximum atomic E-state index is 12.1. The SMILES string of the molecule is CN=C(NCCC(=O)Nc1cccc(Cl)c1C)NCc1cccc(C)c1. The van der Waals surface area contributed by atoms with E-state index < -0.39 is 0 Å². The van der Waals surface area contributed by atoms with Crippen LogP contribution < -0.4 is 16.0 Å². The summed E-state index contributed by atoms with van der Waals surface area (Å²) in [6, 6.07) is 13.8. The van der Waals surface area contributed by atoms with Crippen molar-refractivity contribution in [1.82, 2.24) is 10.6 Å². The van der Waals surface area contributed by atoms with Crippen molar-refractivity contribution in [1.29, 1.82) is 0 Å². The highest BCUT2D eigenvalue weighted by atomic mass is 35.5. The van der Waals surface area contributed by atoms with Crippen molar-refractivity contribution in [2.24, 2.45) is 4.99 Å². The molecule has 0 aliphatic rings. The first kappa shape index (κ1) is 19.8. The largest absolute Gasteiger partial charge is 0.356 e. The van der Waals surface area contributed by atoms with Crippen molar-refractivity contribution >= 4 is 29.2 Å². The predicted molar refractivity (Wildman–Crippen MR) is 109 cm³/mol. The van der Waals surface area contributed by atoms with Crippen LogP contribution in [-0.4, -0.2) is 25.5 Å². The first-order valence-corrected chi connectivity index (χ1v) is 8.92. The Morgan fingerprint density at radius 1 is 1.12 bits per heavy atom. The highest BCUT2D eigenvalue weighted by Crippen LogP contribution is 2.22. The molecule has 0 atom stereocenters. The summed E-state index contributed by atoms with van der Waals surface area (Å²) in [5.74, 6) is 0.593. The number of carbonyl (C=O) groups excluding carboxylic acids is 1. The third-order valence-corrected chi connectivity index (χ3v) is 4.36. The summed E-state index contributed by atoms with van der Waals surface area (Å²) < 4.78 is 0. The van der Waals surface area contributed by atoms with Gasteiger partial charge in [0.2, 0.25) is 5.91 Å². The molecule has 0 radical (unpaired) electrons. The number of aryl methyl sites for hydroxylation is 1. The number of benzene rings is 2. The van der Waals surface area contributed by atoms with Gasteiger partial charge in [0.05, 0.1) is 0 Å². The third-order valence-electron chi connectivity index (χ3n) is 3.95. The highest BCUT2D eigenvalue weighted by Gasteiger charge is 2.07. The van der Waals surface area contributed by atoms with Crippen LogP contribution >= 0.6 is 11.6 Å². The topological polar surface area (TPSA) is 65.5 Å². The van der Waals surface area contributed by atoms with Crippen molar-refractivity contribution in [3.05, 3.63) is 64.2 Å². The monoisotopic (exact) mass is 372 g/mol. The number of hydrogen-bond acceptors (Lipinski definition) is 2. The van der Waals surface area contributed by atoms with Gasteiger partial charge in [-0.05, 0) is 37.1 Å². The Kier molecular flexibility index (Phi) is 7.48. The molecule has 6 heteroatoms. The molecule has 0 fully saturated rings. The van der Waals surface area contributed by atoms with Gasteiger partial charge in [0, 0.05) is 37.3 Å². The van der Waals surface area contributed by atoms with Gasteiger partial charge in [0.1, 0.15) is 0 Å². The second-order valence-corrected chi connectivity index (χ2v) is 6.46. The molecular weight excluding hydrogens is 348 g/mol. The number of carbonyl (C=O) groups is 1. The molecule has 0 aliphatic carbocycles. The van der Waals surface area contributed by atoms with E-state index in [1.165, 1.54) is 11.1 Å². The molecule has 1 amide bonds. The number of halogens is 1. The normalized spacial score (nSPS) is 11.2. The number of nitrogens with zero attached hydrogens (tertiary/aromatic N) is 1. The van der Waals surface area contributed by atoms with Crippen LogP contribution in [0.15, 0.2) is 47.5 Å². The smallest absolute Gasteiger partial charge is 0.226 e. The molecule has 138 valence electrons. The number of rotatable bonds is 6. The second-order valence-electron chi connectivity index (χ2n) is 6.05. The zero-order valence-electron chi connectivity index (χ0n) is 15.4. The van der Waals surface area contributed by atoms with Gasteiger partial charge in [0.15, 0.2) is 5.96 Å². The quantitative estimate of drug-likeness (QED) is 0.535. The van der Waals surface area contributed by atoms with Crippen molar-refractivity contribution in [3.8, 4) is 0 Å². The van der Waals surface area contributed by atoms with Gasteiger partial charge in [0.25, 0.3) is 0 Å². The van der Waals surface area contributed by atoms with Gasteiger partial charge in [-0.15, -0.1) is 0 Å². The molecule has 2 aromatic rings. The average Bonchev–Trinajstić information content (AvgIpc) is 2.62. The minimum Gasteiger partial charge on any atom is -0.356 e. The summed E-state index contributed by atoms with van der Waals surface area (Å²) in [7, 11) is 1.71. The molecule has 0 spiro atoms. The van der Waals surface area contributed by atoms with Crippen molar-refractivity contribution < 1.29 is 4.79 Å². The molecule has 3 N–H and O–H groups in total. The van der Waals surface area contributed by atoms with E-state index in [2.05, 4.69) is 46.1 Å². The van der Waals surface area contributed by atoms with Crippen molar-refractivity contribution in [2.45, 2.75) is 26.8 Å². The lowest BCUT2D eigenvalue weighted by Crippen LogP contribution is -2.38. The molecule has 5 nitrogen and oxygen atoms in total. The van der Waals surface area contributed by atoms with E-state index in [1.807, 2.05) is 25.1 Å². The molecule has 0 saturated heterocycles. The Morgan fingerprint density at radius 2 is 1.88 bits per heavy atom. The predicted octanol–water partition coefficient (Wildman–Crippen LogP) is 3.65. The number of amides is 1. The fourth-order valence-electron chi connectivity index (χ4n) is 2.48. The number of guanidine groups is 1. The molecular formula is C20H25ClN4O. The Bertz CT molecular complexity index is 789. The lowest BCUT2D eigenvalue weighted by Gasteiger charge is -2.13. The van der Waals surface area contributed by atoms with E-state index in [-0.39, 0.29) is 5.91 Å². The van der Waals surface area contributed by atoms with Crippen molar-refractivity contribution in [3.63, 3.8) is 0 Å². The standard InChI is InChI=1S/C20H25ClN4O/c1-14-6-4-7-16(12-14)13-24-20(22-3)23-11-10-19(26)25-18-9-5-8-17(21)15(18)2/h4-9,12H,10-11,13H2,1-3H3,(H,25,26)(H2,22,23,24). The zero-order valence-corrected chi connectivity index (χ0v) is 16.2. The van der Waals surface area contributed by atoms with Crippen LogP contribution in [0.3, 0.4) is 0 Å². The van der Waals surface area contributed by atoms with Crippen LogP contribution in [0.4, 0.5) is 5.69 Å². The van der Waals surface area contributed by atoms with Crippen LogP contribution in [0.5, 0.6) is 0 Å². The van der Waals surface area contributed by atoms with Gasteiger partial charge in [-0.3, -0.25) is 9.79 Å². The van der Waals surface area contributed by atoms with Crippen LogP contribution in [-0.2, 0) is 11.3 Å². The molecule has 0 unspecified atom stereocenters. The molecule has 2 rings (SSSR count). The molecule has 2 aromatic carbocycles. The highest BCUT2D eigenvalue weighted by molar-refractivity contribution is 6.31. The summed E-state index contributed by atoms with van der Waals surface area (Å²) in [4.78, 5) is 16.3. The Morgan fingerprint density at radius 3 is 2.62 bits per heavy atom. The molecule has 0 bridgehead atoms. The van der Waals surface area contributed by atoms with Crippen LogP contribution in [0.1, 0.15) is 23.1 Å². The third kappa shape index (κ3) is 6.08. The molecule has 0 aliphatic heterocycles. The van der Waals surface area contributed by atoms with E-state index in [0.717, 1.165) is 11.3 Å². The maximum Gasteiger partial charge on any atom is 0.226 e. The number of nitrogens with one attached hydrogen (secondary N) is 3. The van der Waals surface area contributed by atoms with E-state index >= 15 is 0 Å². The fraction of sp³-hybridized carbons (Fsp3) is 0.300. The number of aliphatic imine (C=N–C) groups is 1. The number of hydrogen-bond donors (Lipinski definition) is 3. The zero-order chi connectivity index (χ0) is 18.9. The van der Waals surface area contributed by atoms with E-state index in [4.69, 9.17) is 11.6 Å². The molecule has 0 saturated carbocycles. The van der Waals surface area contributed by atoms with Gasteiger partial charge in [-0.1, -0.05) is 47.5 Å². The minimum atomic E-state index is -0.0722. The second kappa shape index (κ2) is 9.82. The molecule has 0 aromatic heterocycles. The minimum absolute atomic E-state index is 0.0722. The Labute approximate surface area is 159 Å². The maximum absolute atomic E-state index is 12.1.